The summed E-state index contributed by atoms with van der Waals surface area (Å²) in [5.74, 6) is 3.12. The number of nitrogens with zero attached hydrogens (tertiary/aromatic N) is 1. The molecule has 2 fully saturated rings. The first kappa shape index (κ1) is 9.51. The third-order valence-corrected chi connectivity index (χ3v) is 4.19. The van der Waals surface area contributed by atoms with Gasteiger partial charge in [0.2, 0.25) is 0 Å². The quantitative estimate of drug-likeness (QED) is 0.601. The summed E-state index contributed by atoms with van der Waals surface area (Å²) in [7, 11) is 2.30. The average Bonchev–Trinajstić information content (AvgIpc) is 2.16. The normalized spacial score (nSPS) is 41.5. The van der Waals surface area contributed by atoms with Crippen LogP contribution in [-0.4, -0.2) is 25.0 Å². The zero-order chi connectivity index (χ0) is 9.26. The topological polar surface area (TPSA) is 3.24 Å². The molecule has 1 saturated carbocycles. The van der Waals surface area contributed by atoms with E-state index >= 15 is 0 Å². The van der Waals surface area contributed by atoms with Crippen molar-refractivity contribution in [2.45, 2.75) is 39.0 Å². The highest BCUT2D eigenvalue weighted by Gasteiger charge is 2.35. The Hall–Kier alpha value is -0.0400. The van der Waals surface area contributed by atoms with Gasteiger partial charge in [-0.2, -0.15) is 0 Å². The van der Waals surface area contributed by atoms with Crippen LogP contribution in [0.25, 0.3) is 0 Å². The van der Waals surface area contributed by atoms with Gasteiger partial charge in [-0.1, -0.05) is 26.2 Å². The smallest absolute Gasteiger partial charge is 0.000948 e. The molecule has 1 saturated heterocycles. The van der Waals surface area contributed by atoms with Gasteiger partial charge >= 0.3 is 0 Å². The standard InChI is InChI=1S/C12H23N/c1-3-10-8-13(2)9-11-6-4-5-7-12(10)11/h10-12H,3-9H2,1-2H3. The van der Waals surface area contributed by atoms with Gasteiger partial charge in [0.25, 0.3) is 0 Å². The van der Waals surface area contributed by atoms with E-state index in [0.717, 1.165) is 17.8 Å². The van der Waals surface area contributed by atoms with Crippen molar-refractivity contribution >= 4 is 0 Å². The highest BCUT2D eigenvalue weighted by atomic mass is 15.1. The molecular weight excluding hydrogens is 158 g/mol. The fourth-order valence-corrected chi connectivity index (χ4v) is 3.53. The summed E-state index contributed by atoms with van der Waals surface area (Å²) < 4.78 is 0. The monoisotopic (exact) mass is 181 g/mol. The van der Waals surface area contributed by atoms with E-state index in [1.54, 1.807) is 0 Å². The SMILES string of the molecule is CCC1CN(C)CC2CCCCC12. The molecule has 0 amide bonds. The summed E-state index contributed by atoms with van der Waals surface area (Å²) in [6.07, 6.45) is 7.42. The van der Waals surface area contributed by atoms with Crippen molar-refractivity contribution in [3.8, 4) is 0 Å². The molecule has 2 aliphatic rings. The van der Waals surface area contributed by atoms with Crippen molar-refractivity contribution in [3.05, 3.63) is 0 Å². The van der Waals surface area contributed by atoms with Gasteiger partial charge in [-0.3, -0.25) is 0 Å². The van der Waals surface area contributed by atoms with Crippen LogP contribution in [0.1, 0.15) is 39.0 Å². The number of hydrogen-bond acceptors (Lipinski definition) is 1. The minimum atomic E-state index is 1.00. The van der Waals surface area contributed by atoms with Crippen LogP contribution >= 0.6 is 0 Å². The summed E-state index contributed by atoms with van der Waals surface area (Å²) in [6.45, 7) is 5.11. The minimum Gasteiger partial charge on any atom is -0.306 e. The zero-order valence-corrected chi connectivity index (χ0v) is 9.13. The molecule has 0 bridgehead atoms. The van der Waals surface area contributed by atoms with Gasteiger partial charge < -0.3 is 4.90 Å². The molecule has 2 rings (SSSR count). The molecule has 3 atom stereocenters. The molecule has 1 aliphatic heterocycles. The maximum absolute atomic E-state index is 2.56. The Morgan fingerprint density at radius 2 is 1.92 bits per heavy atom. The van der Waals surface area contributed by atoms with E-state index in [1.807, 2.05) is 0 Å². The third-order valence-electron chi connectivity index (χ3n) is 4.19. The Labute approximate surface area is 82.5 Å². The minimum absolute atomic E-state index is 1.00. The molecular formula is C12H23N. The Morgan fingerprint density at radius 1 is 1.15 bits per heavy atom. The molecule has 1 nitrogen and oxygen atoms in total. The van der Waals surface area contributed by atoms with E-state index < -0.39 is 0 Å². The number of fused-ring (bicyclic) bond motifs is 1. The number of rotatable bonds is 1. The highest BCUT2D eigenvalue weighted by molar-refractivity contribution is 4.87. The maximum Gasteiger partial charge on any atom is 0.000948 e. The second-order valence-corrected chi connectivity index (χ2v) is 5.10. The van der Waals surface area contributed by atoms with Crippen molar-refractivity contribution in [3.63, 3.8) is 0 Å². The molecule has 0 spiro atoms. The van der Waals surface area contributed by atoms with Gasteiger partial charge in [-0.05, 0) is 37.6 Å². The van der Waals surface area contributed by atoms with E-state index in [-0.39, 0.29) is 0 Å². The zero-order valence-electron chi connectivity index (χ0n) is 9.13. The first-order valence-corrected chi connectivity index (χ1v) is 5.99. The second-order valence-electron chi connectivity index (χ2n) is 5.10. The van der Waals surface area contributed by atoms with E-state index in [2.05, 4.69) is 18.9 Å². The average molecular weight is 181 g/mol. The van der Waals surface area contributed by atoms with E-state index in [0.29, 0.717) is 0 Å². The van der Waals surface area contributed by atoms with Gasteiger partial charge in [-0.15, -0.1) is 0 Å². The molecule has 13 heavy (non-hydrogen) atoms. The van der Waals surface area contributed by atoms with Crippen molar-refractivity contribution in [1.29, 1.82) is 0 Å². The number of likely N-dealkylation sites (tertiary alicyclic amines) is 1. The van der Waals surface area contributed by atoms with Crippen LogP contribution in [0.2, 0.25) is 0 Å². The van der Waals surface area contributed by atoms with Gasteiger partial charge in [0, 0.05) is 13.1 Å². The molecule has 1 heteroatoms. The highest BCUT2D eigenvalue weighted by Crippen LogP contribution is 2.40. The van der Waals surface area contributed by atoms with Crippen LogP contribution in [0, 0.1) is 17.8 Å². The molecule has 76 valence electrons. The molecule has 0 aromatic carbocycles. The Balaban J connectivity index is 2.02. The first-order chi connectivity index (χ1) is 6.31. The summed E-state index contributed by atoms with van der Waals surface area (Å²) in [6, 6.07) is 0. The van der Waals surface area contributed by atoms with Crippen LogP contribution in [0.3, 0.4) is 0 Å². The lowest BCUT2D eigenvalue weighted by Crippen LogP contribution is -2.45. The molecule has 0 N–H and O–H groups in total. The van der Waals surface area contributed by atoms with Crippen molar-refractivity contribution in [2.75, 3.05) is 20.1 Å². The lowest BCUT2D eigenvalue weighted by Gasteiger charge is -2.45. The van der Waals surface area contributed by atoms with Crippen LogP contribution in [0.4, 0.5) is 0 Å². The largest absolute Gasteiger partial charge is 0.306 e. The molecule has 0 radical (unpaired) electrons. The third kappa shape index (κ3) is 1.90. The van der Waals surface area contributed by atoms with Crippen molar-refractivity contribution in [1.82, 2.24) is 4.90 Å². The number of hydrogen-bond donors (Lipinski definition) is 0. The summed E-state index contributed by atoms with van der Waals surface area (Å²) >= 11 is 0. The molecule has 1 aliphatic carbocycles. The lowest BCUT2D eigenvalue weighted by molar-refractivity contribution is 0.0457. The fourth-order valence-electron chi connectivity index (χ4n) is 3.53. The van der Waals surface area contributed by atoms with E-state index in [9.17, 15) is 0 Å². The first-order valence-electron chi connectivity index (χ1n) is 5.99. The predicted octanol–water partition coefficient (Wildman–Crippen LogP) is 2.76. The Bertz CT molecular complexity index is 159. The van der Waals surface area contributed by atoms with Crippen LogP contribution < -0.4 is 0 Å². The van der Waals surface area contributed by atoms with Crippen LogP contribution in [-0.2, 0) is 0 Å². The molecule has 1 heterocycles. The molecule has 0 aromatic rings. The maximum atomic E-state index is 2.56. The molecule has 3 unspecified atom stereocenters. The van der Waals surface area contributed by atoms with E-state index in [4.69, 9.17) is 0 Å². The van der Waals surface area contributed by atoms with Crippen LogP contribution in [0.5, 0.6) is 0 Å². The van der Waals surface area contributed by atoms with Gasteiger partial charge in [0.1, 0.15) is 0 Å². The van der Waals surface area contributed by atoms with Gasteiger partial charge in [-0.25, -0.2) is 0 Å². The summed E-state index contributed by atoms with van der Waals surface area (Å²) in [5, 5.41) is 0. The van der Waals surface area contributed by atoms with E-state index in [1.165, 1.54) is 45.2 Å². The predicted molar refractivity (Wildman–Crippen MR) is 56.7 cm³/mol. The lowest BCUT2D eigenvalue weighted by atomic mass is 9.69. The second kappa shape index (κ2) is 4.00. The van der Waals surface area contributed by atoms with Gasteiger partial charge in [0.15, 0.2) is 0 Å². The molecule has 0 aromatic heterocycles. The van der Waals surface area contributed by atoms with Gasteiger partial charge in [0.05, 0.1) is 0 Å². The van der Waals surface area contributed by atoms with Crippen molar-refractivity contribution < 1.29 is 0 Å². The summed E-state index contributed by atoms with van der Waals surface area (Å²) in [4.78, 5) is 2.56. The summed E-state index contributed by atoms with van der Waals surface area (Å²) in [5.41, 5.74) is 0. The Kier molecular flexibility index (Phi) is 2.92. The fraction of sp³-hybridized carbons (Fsp3) is 1.00. The Morgan fingerprint density at radius 3 is 2.69 bits per heavy atom. The number of piperidine rings is 1. The van der Waals surface area contributed by atoms with Crippen molar-refractivity contribution in [2.24, 2.45) is 17.8 Å². The van der Waals surface area contributed by atoms with Crippen LogP contribution in [0.15, 0.2) is 0 Å².